The molecule has 0 bridgehead atoms. The zero-order chi connectivity index (χ0) is 20.4. The molecule has 2 rings (SSSR count). The summed E-state index contributed by atoms with van der Waals surface area (Å²) in [5, 5.41) is 18.9. The van der Waals surface area contributed by atoms with Crippen LogP contribution in [0.2, 0.25) is 0 Å². The third-order valence-corrected chi connectivity index (χ3v) is 4.68. The van der Waals surface area contributed by atoms with E-state index in [0.717, 1.165) is 12.8 Å². The van der Waals surface area contributed by atoms with Crippen LogP contribution in [0.3, 0.4) is 0 Å². The lowest BCUT2D eigenvalue weighted by molar-refractivity contribution is 0.0684. The van der Waals surface area contributed by atoms with Gasteiger partial charge in [-0.25, -0.2) is 9.59 Å². The predicted molar refractivity (Wildman–Crippen MR) is 109 cm³/mol. The molecule has 2 aromatic carbocycles. The Kier molecular flexibility index (Phi) is 8.53. The Hall–Kier alpha value is -2.82. The summed E-state index contributed by atoms with van der Waals surface area (Å²) < 4.78 is 5.70. The number of carboxylic acid groups (broad SMARTS) is 2. The van der Waals surface area contributed by atoms with E-state index in [1.165, 1.54) is 44.2 Å². The van der Waals surface area contributed by atoms with E-state index in [1.54, 1.807) is 30.3 Å². The van der Waals surface area contributed by atoms with Gasteiger partial charge in [0, 0.05) is 0 Å². The summed E-state index contributed by atoms with van der Waals surface area (Å²) in [6.07, 6.45) is 8.11. The summed E-state index contributed by atoms with van der Waals surface area (Å²) in [5.41, 5.74) is 1.20. The highest BCUT2D eigenvalue weighted by Gasteiger charge is 2.16. The van der Waals surface area contributed by atoms with Crippen molar-refractivity contribution < 1.29 is 24.5 Å². The molecule has 0 aliphatic heterocycles. The second-order valence-electron chi connectivity index (χ2n) is 6.84. The van der Waals surface area contributed by atoms with Gasteiger partial charge < -0.3 is 14.9 Å². The van der Waals surface area contributed by atoms with Gasteiger partial charge in [-0.15, -0.1) is 0 Å². The lowest BCUT2D eigenvalue weighted by atomic mass is 9.97. The first-order chi connectivity index (χ1) is 13.5. The number of unbranched alkanes of at least 4 members (excludes halogenated alkanes) is 6. The van der Waals surface area contributed by atoms with Crippen LogP contribution in [0, 0.1) is 0 Å². The predicted octanol–water partition coefficient (Wildman–Crippen LogP) is 5.88. The molecule has 0 radical (unpaired) electrons. The molecule has 0 unspecified atom stereocenters. The average Bonchev–Trinajstić information content (AvgIpc) is 2.70. The van der Waals surface area contributed by atoms with E-state index >= 15 is 0 Å². The fourth-order valence-corrected chi connectivity index (χ4v) is 3.15. The molecule has 0 saturated carbocycles. The topological polar surface area (TPSA) is 83.8 Å². The fraction of sp³-hybridized carbons (Fsp3) is 0.391. The van der Waals surface area contributed by atoms with Gasteiger partial charge in [0.25, 0.3) is 0 Å². The summed E-state index contributed by atoms with van der Waals surface area (Å²) in [4.78, 5) is 23.1. The fourth-order valence-electron chi connectivity index (χ4n) is 3.15. The minimum atomic E-state index is -1.09. The SMILES string of the molecule is CCCCCCCCCOc1ccc(-c2ccccc2C(=O)O)cc1C(=O)O. The van der Waals surface area contributed by atoms with E-state index in [1.807, 2.05) is 0 Å². The molecule has 0 aliphatic carbocycles. The van der Waals surface area contributed by atoms with Gasteiger partial charge in [0.15, 0.2) is 0 Å². The minimum Gasteiger partial charge on any atom is -0.493 e. The first-order valence-corrected chi connectivity index (χ1v) is 9.87. The maximum Gasteiger partial charge on any atom is 0.339 e. The van der Waals surface area contributed by atoms with Gasteiger partial charge >= 0.3 is 11.9 Å². The van der Waals surface area contributed by atoms with Crippen molar-refractivity contribution in [2.75, 3.05) is 6.61 Å². The van der Waals surface area contributed by atoms with Gasteiger partial charge in [-0.05, 0) is 35.7 Å². The van der Waals surface area contributed by atoms with Gasteiger partial charge in [0.1, 0.15) is 11.3 Å². The number of benzene rings is 2. The molecule has 0 aliphatic rings. The molecule has 0 spiro atoms. The van der Waals surface area contributed by atoms with Crippen LogP contribution in [0.15, 0.2) is 42.5 Å². The number of hydrogen-bond acceptors (Lipinski definition) is 3. The molecule has 28 heavy (non-hydrogen) atoms. The van der Waals surface area contributed by atoms with Crippen LogP contribution in [-0.4, -0.2) is 28.8 Å². The number of ether oxygens (including phenoxy) is 1. The lowest BCUT2D eigenvalue weighted by Gasteiger charge is -2.12. The van der Waals surface area contributed by atoms with E-state index in [4.69, 9.17) is 4.74 Å². The molecule has 0 fully saturated rings. The van der Waals surface area contributed by atoms with Crippen LogP contribution in [-0.2, 0) is 0 Å². The molecule has 0 heterocycles. The lowest BCUT2D eigenvalue weighted by Crippen LogP contribution is -2.05. The number of rotatable bonds is 12. The zero-order valence-corrected chi connectivity index (χ0v) is 16.3. The zero-order valence-electron chi connectivity index (χ0n) is 16.3. The van der Waals surface area contributed by atoms with Gasteiger partial charge in [-0.1, -0.05) is 69.7 Å². The van der Waals surface area contributed by atoms with Gasteiger partial charge in [0.05, 0.1) is 12.2 Å². The van der Waals surface area contributed by atoms with E-state index < -0.39 is 11.9 Å². The van der Waals surface area contributed by atoms with Crippen LogP contribution in [0.1, 0.15) is 72.6 Å². The quantitative estimate of drug-likeness (QED) is 0.446. The summed E-state index contributed by atoms with van der Waals surface area (Å²) >= 11 is 0. The number of hydrogen-bond donors (Lipinski definition) is 2. The van der Waals surface area contributed by atoms with E-state index in [2.05, 4.69) is 6.92 Å². The first-order valence-electron chi connectivity index (χ1n) is 9.87. The normalized spacial score (nSPS) is 10.6. The Balaban J connectivity index is 2.04. The van der Waals surface area contributed by atoms with E-state index in [0.29, 0.717) is 23.5 Å². The first kappa shape index (κ1) is 21.5. The van der Waals surface area contributed by atoms with Crippen LogP contribution >= 0.6 is 0 Å². The molecule has 0 amide bonds. The summed E-state index contributed by atoms with van der Waals surface area (Å²) in [7, 11) is 0. The molecule has 5 nitrogen and oxygen atoms in total. The highest BCUT2D eigenvalue weighted by atomic mass is 16.5. The van der Waals surface area contributed by atoms with Gasteiger partial charge in [-0.2, -0.15) is 0 Å². The van der Waals surface area contributed by atoms with Crippen LogP contribution < -0.4 is 4.74 Å². The maximum atomic E-state index is 11.7. The molecule has 2 aromatic rings. The molecule has 5 heteroatoms. The number of aromatic carboxylic acids is 2. The molecule has 0 aromatic heterocycles. The van der Waals surface area contributed by atoms with Crippen molar-refractivity contribution >= 4 is 11.9 Å². The Morgan fingerprint density at radius 2 is 1.46 bits per heavy atom. The monoisotopic (exact) mass is 384 g/mol. The molecule has 0 atom stereocenters. The summed E-state index contributed by atoms with van der Waals surface area (Å²) in [6.45, 7) is 2.67. The van der Waals surface area contributed by atoms with Crippen molar-refractivity contribution in [2.24, 2.45) is 0 Å². The van der Waals surface area contributed by atoms with E-state index in [9.17, 15) is 19.8 Å². The standard InChI is InChI=1S/C23H28O5/c1-2-3-4-5-6-7-10-15-28-21-14-13-17(16-20(21)23(26)27)18-11-8-9-12-19(18)22(24)25/h8-9,11-14,16H,2-7,10,15H2,1H3,(H,24,25)(H,26,27). The summed E-state index contributed by atoms with van der Waals surface area (Å²) in [5.74, 6) is -1.83. The van der Waals surface area contributed by atoms with Crippen molar-refractivity contribution in [3.63, 3.8) is 0 Å². The van der Waals surface area contributed by atoms with E-state index in [-0.39, 0.29) is 11.1 Å². The molecular formula is C23H28O5. The van der Waals surface area contributed by atoms with Crippen molar-refractivity contribution in [1.29, 1.82) is 0 Å². The van der Waals surface area contributed by atoms with Crippen molar-refractivity contribution in [3.05, 3.63) is 53.6 Å². The highest BCUT2D eigenvalue weighted by molar-refractivity contribution is 5.98. The molecule has 2 N–H and O–H groups in total. The second-order valence-corrected chi connectivity index (χ2v) is 6.84. The van der Waals surface area contributed by atoms with Crippen LogP contribution in [0.5, 0.6) is 5.75 Å². The smallest absolute Gasteiger partial charge is 0.339 e. The number of carbonyl (C=O) groups is 2. The van der Waals surface area contributed by atoms with Crippen LogP contribution in [0.4, 0.5) is 0 Å². The molecule has 150 valence electrons. The Bertz CT molecular complexity index is 797. The van der Waals surface area contributed by atoms with Crippen molar-refractivity contribution in [1.82, 2.24) is 0 Å². The summed E-state index contributed by atoms with van der Waals surface area (Å²) in [6, 6.07) is 11.3. The van der Waals surface area contributed by atoms with Crippen molar-refractivity contribution in [3.8, 4) is 16.9 Å². The third-order valence-electron chi connectivity index (χ3n) is 4.68. The third kappa shape index (κ3) is 6.12. The van der Waals surface area contributed by atoms with Gasteiger partial charge in [0.2, 0.25) is 0 Å². The minimum absolute atomic E-state index is 0.0423. The number of carboxylic acids is 2. The Labute approximate surface area is 166 Å². The molecule has 0 saturated heterocycles. The maximum absolute atomic E-state index is 11.7. The largest absolute Gasteiger partial charge is 0.493 e. The molecular weight excluding hydrogens is 356 g/mol. The van der Waals surface area contributed by atoms with Gasteiger partial charge in [-0.3, -0.25) is 0 Å². The Morgan fingerprint density at radius 1 is 0.821 bits per heavy atom. The average molecular weight is 384 g/mol. The van der Waals surface area contributed by atoms with Crippen molar-refractivity contribution in [2.45, 2.75) is 51.9 Å². The van der Waals surface area contributed by atoms with Crippen LogP contribution in [0.25, 0.3) is 11.1 Å². The second kappa shape index (κ2) is 11.1. The Morgan fingerprint density at radius 3 is 2.14 bits per heavy atom. The highest BCUT2D eigenvalue weighted by Crippen LogP contribution is 2.29.